The minimum Gasteiger partial charge on any atom is -0.0764 e. The Labute approximate surface area is 85.0 Å². The van der Waals surface area contributed by atoms with E-state index in [1.165, 1.54) is 24.8 Å². The smallest absolute Gasteiger partial charge is 0.00725 e. The van der Waals surface area contributed by atoms with Gasteiger partial charge in [0.15, 0.2) is 0 Å². The zero-order valence-corrected chi connectivity index (χ0v) is 8.51. The van der Waals surface area contributed by atoms with Crippen molar-refractivity contribution in [1.82, 2.24) is 0 Å². The predicted octanol–water partition coefficient (Wildman–Crippen LogP) is 3.54. The van der Waals surface area contributed by atoms with E-state index in [4.69, 9.17) is 0 Å². The molecular formula is C14H14. The molecule has 4 aliphatic rings. The van der Waals surface area contributed by atoms with E-state index in [2.05, 4.69) is 36.6 Å². The molecule has 0 aromatic rings. The van der Waals surface area contributed by atoms with E-state index in [9.17, 15) is 0 Å². The second kappa shape index (κ2) is 2.89. The molecule has 0 radical (unpaired) electrons. The Balaban J connectivity index is 2.10. The summed E-state index contributed by atoms with van der Waals surface area (Å²) in [6.07, 6.45) is 10.5. The Morgan fingerprint density at radius 2 is 2.14 bits per heavy atom. The van der Waals surface area contributed by atoms with Crippen molar-refractivity contribution in [2.75, 3.05) is 0 Å². The Hall–Kier alpha value is -1.22. The zero-order valence-electron chi connectivity index (χ0n) is 8.51. The van der Waals surface area contributed by atoms with Crippen LogP contribution >= 0.6 is 0 Å². The van der Waals surface area contributed by atoms with Gasteiger partial charge >= 0.3 is 0 Å². The first-order valence-electron chi connectivity index (χ1n) is 5.40. The van der Waals surface area contributed by atoms with Crippen molar-refractivity contribution in [2.24, 2.45) is 11.8 Å². The molecule has 0 N–H and O–H groups in total. The van der Waals surface area contributed by atoms with Crippen molar-refractivity contribution in [3.8, 4) is 0 Å². The third kappa shape index (κ3) is 1.16. The molecule has 4 bridgehead atoms. The fourth-order valence-electron chi connectivity index (χ4n) is 2.47. The molecule has 0 saturated heterocycles. The van der Waals surface area contributed by atoms with Crippen LogP contribution in [0, 0.1) is 11.8 Å². The molecule has 0 aromatic heterocycles. The Morgan fingerprint density at radius 3 is 3.00 bits per heavy atom. The molecule has 70 valence electrons. The Kier molecular flexibility index (Phi) is 1.67. The van der Waals surface area contributed by atoms with Gasteiger partial charge in [-0.2, -0.15) is 0 Å². The van der Waals surface area contributed by atoms with Crippen molar-refractivity contribution >= 4 is 0 Å². The maximum Gasteiger partial charge on any atom is 0.00725 e. The van der Waals surface area contributed by atoms with Crippen LogP contribution in [-0.4, -0.2) is 0 Å². The second-order valence-corrected chi connectivity index (χ2v) is 4.58. The van der Waals surface area contributed by atoms with Gasteiger partial charge in [0, 0.05) is 5.92 Å². The number of rotatable bonds is 0. The van der Waals surface area contributed by atoms with Gasteiger partial charge < -0.3 is 0 Å². The van der Waals surface area contributed by atoms with E-state index >= 15 is 0 Å². The summed E-state index contributed by atoms with van der Waals surface area (Å²) in [4.78, 5) is 0. The van der Waals surface area contributed by atoms with Gasteiger partial charge in [-0.25, -0.2) is 0 Å². The fourth-order valence-corrected chi connectivity index (χ4v) is 2.47. The largest absolute Gasteiger partial charge is 0.0764 e. The highest BCUT2D eigenvalue weighted by Gasteiger charge is 2.28. The molecule has 0 spiro atoms. The minimum absolute atomic E-state index is 0.579. The average Bonchev–Trinajstić information content (AvgIpc) is 2.49. The van der Waals surface area contributed by atoms with E-state index in [0.717, 1.165) is 5.92 Å². The highest BCUT2D eigenvalue weighted by atomic mass is 14.3. The maximum atomic E-state index is 3.28. The van der Waals surface area contributed by atoms with Crippen LogP contribution in [0.25, 0.3) is 0 Å². The highest BCUT2D eigenvalue weighted by molar-refractivity contribution is 5.39. The summed E-state index contributed by atoms with van der Waals surface area (Å²) in [5.41, 5.74) is 11.1. The minimum atomic E-state index is 0.579. The lowest BCUT2D eigenvalue weighted by molar-refractivity contribution is 0.479. The van der Waals surface area contributed by atoms with Crippen LogP contribution in [0.1, 0.15) is 26.2 Å². The lowest BCUT2D eigenvalue weighted by atomic mass is 9.73. The quantitative estimate of drug-likeness (QED) is 0.503. The molecule has 0 heterocycles. The van der Waals surface area contributed by atoms with Crippen LogP contribution < -0.4 is 0 Å². The third-order valence-electron chi connectivity index (χ3n) is 3.62. The van der Waals surface area contributed by atoms with Crippen molar-refractivity contribution in [3.05, 3.63) is 46.4 Å². The van der Waals surface area contributed by atoms with Gasteiger partial charge in [0.2, 0.25) is 0 Å². The highest BCUT2D eigenvalue weighted by Crippen LogP contribution is 2.43. The third-order valence-corrected chi connectivity index (χ3v) is 3.62. The Bertz CT molecular complexity index is 425. The normalized spacial score (nSPS) is 33.1. The van der Waals surface area contributed by atoms with Crippen molar-refractivity contribution in [3.63, 3.8) is 0 Å². The molecular weight excluding hydrogens is 168 g/mol. The van der Waals surface area contributed by atoms with Crippen LogP contribution in [0.5, 0.6) is 0 Å². The van der Waals surface area contributed by atoms with Gasteiger partial charge in [-0.05, 0) is 49.3 Å². The summed E-state index contributed by atoms with van der Waals surface area (Å²) >= 11 is 0. The van der Waals surface area contributed by atoms with Gasteiger partial charge in [-0.3, -0.25) is 0 Å². The molecule has 0 amide bonds. The number of hydrogen-bond donors (Lipinski definition) is 0. The molecule has 4 aliphatic carbocycles. The van der Waals surface area contributed by atoms with Gasteiger partial charge in [0.05, 0.1) is 0 Å². The van der Waals surface area contributed by atoms with Crippen LogP contribution in [-0.2, 0) is 0 Å². The van der Waals surface area contributed by atoms with E-state index in [0.29, 0.717) is 5.92 Å². The summed E-state index contributed by atoms with van der Waals surface area (Å²) in [5, 5.41) is 0. The Morgan fingerprint density at radius 1 is 1.29 bits per heavy atom. The monoisotopic (exact) mass is 182 g/mol. The first-order valence-corrected chi connectivity index (χ1v) is 5.40. The van der Waals surface area contributed by atoms with Crippen LogP contribution in [0.15, 0.2) is 46.4 Å². The predicted molar refractivity (Wildman–Crippen MR) is 57.8 cm³/mol. The topological polar surface area (TPSA) is 0 Å². The summed E-state index contributed by atoms with van der Waals surface area (Å²) in [6, 6.07) is 0. The van der Waals surface area contributed by atoms with E-state index in [-0.39, 0.29) is 0 Å². The molecule has 1 fully saturated rings. The van der Waals surface area contributed by atoms with Crippen molar-refractivity contribution in [2.45, 2.75) is 26.2 Å². The van der Waals surface area contributed by atoms with Gasteiger partial charge in [-0.1, -0.05) is 29.2 Å². The maximum absolute atomic E-state index is 3.28. The van der Waals surface area contributed by atoms with Gasteiger partial charge in [0.25, 0.3) is 0 Å². The van der Waals surface area contributed by atoms with Gasteiger partial charge in [-0.15, -0.1) is 0 Å². The summed E-state index contributed by atoms with van der Waals surface area (Å²) in [5.74, 6) is 1.33. The van der Waals surface area contributed by atoms with E-state index in [1.54, 1.807) is 11.1 Å². The number of allylic oxidation sites excluding steroid dienone is 6. The van der Waals surface area contributed by atoms with E-state index < -0.39 is 0 Å². The molecule has 14 heavy (non-hydrogen) atoms. The van der Waals surface area contributed by atoms with Crippen molar-refractivity contribution in [1.29, 1.82) is 0 Å². The van der Waals surface area contributed by atoms with Gasteiger partial charge in [0.1, 0.15) is 0 Å². The summed E-state index contributed by atoms with van der Waals surface area (Å²) in [6.45, 7) is 2.18. The van der Waals surface area contributed by atoms with E-state index in [1.807, 2.05) is 0 Å². The first kappa shape index (κ1) is 8.12. The number of hydrogen-bond acceptors (Lipinski definition) is 0. The zero-order chi connectivity index (χ0) is 9.54. The first-order chi connectivity index (χ1) is 6.83. The molecule has 0 aliphatic heterocycles. The van der Waals surface area contributed by atoms with Crippen molar-refractivity contribution < 1.29 is 0 Å². The molecule has 1 unspecified atom stereocenters. The molecule has 0 aromatic carbocycles. The summed E-state index contributed by atoms with van der Waals surface area (Å²) < 4.78 is 0. The standard InChI is InChI=1S/C14H14/c1-10-3-2-4-11-5-6-12(7-11)14-8-13(10)9-14/h4-6,11,13H,7-9H2,1H3. The average molecular weight is 182 g/mol. The molecule has 0 heteroatoms. The second-order valence-electron chi connectivity index (χ2n) is 4.58. The SMILES string of the molecule is CC1=C=C=CC2C=CC(=C3CC1C3)C2. The summed E-state index contributed by atoms with van der Waals surface area (Å²) in [7, 11) is 0. The molecule has 1 atom stereocenters. The molecule has 1 saturated carbocycles. The van der Waals surface area contributed by atoms with Crippen LogP contribution in [0.2, 0.25) is 0 Å². The molecule has 4 rings (SSSR count). The molecule has 0 nitrogen and oxygen atoms in total. The van der Waals surface area contributed by atoms with Crippen LogP contribution in [0.4, 0.5) is 0 Å². The lowest BCUT2D eigenvalue weighted by Gasteiger charge is -2.31. The van der Waals surface area contributed by atoms with Crippen LogP contribution in [0.3, 0.4) is 0 Å². The lowest BCUT2D eigenvalue weighted by Crippen LogP contribution is -2.17. The fraction of sp³-hybridized carbons (Fsp3) is 0.429.